The van der Waals surface area contributed by atoms with Crippen LogP contribution in [0, 0.1) is 0 Å². The molecule has 0 radical (unpaired) electrons. The SMILES string of the molecule is CC(c1cccc(S(N)(=O)=O)c1)N(C)C(=O)CC(NC(=O)c1ccccc1)c1ccccc1. The van der Waals surface area contributed by atoms with Crippen LogP contribution in [-0.4, -0.2) is 32.2 Å². The van der Waals surface area contributed by atoms with Crippen LogP contribution >= 0.6 is 0 Å². The molecule has 0 spiro atoms. The van der Waals surface area contributed by atoms with Crippen LogP contribution in [0.25, 0.3) is 0 Å². The van der Waals surface area contributed by atoms with Crippen LogP contribution in [0.4, 0.5) is 0 Å². The standard InChI is InChI=1S/C25H27N3O4S/c1-18(21-14-9-15-22(16-21)33(26,31)32)28(2)24(29)17-23(19-10-5-3-6-11-19)27-25(30)20-12-7-4-8-13-20/h3-16,18,23H,17H2,1-2H3,(H,27,30)(H2,26,31,32). The van der Waals surface area contributed by atoms with Crippen molar-refractivity contribution in [3.63, 3.8) is 0 Å². The van der Waals surface area contributed by atoms with Crippen molar-refractivity contribution in [2.75, 3.05) is 7.05 Å². The number of nitrogens with two attached hydrogens (primary N) is 1. The van der Waals surface area contributed by atoms with Gasteiger partial charge in [0.15, 0.2) is 0 Å². The average Bonchev–Trinajstić information content (AvgIpc) is 2.83. The summed E-state index contributed by atoms with van der Waals surface area (Å²) in [6.45, 7) is 1.81. The van der Waals surface area contributed by atoms with Crippen molar-refractivity contribution >= 4 is 21.8 Å². The highest BCUT2D eigenvalue weighted by atomic mass is 32.2. The molecule has 0 saturated carbocycles. The Morgan fingerprint density at radius 3 is 2.09 bits per heavy atom. The minimum absolute atomic E-state index is 0.00927. The highest BCUT2D eigenvalue weighted by Crippen LogP contribution is 2.25. The molecule has 3 rings (SSSR count). The van der Waals surface area contributed by atoms with E-state index in [0.29, 0.717) is 11.1 Å². The summed E-state index contributed by atoms with van der Waals surface area (Å²) < 4.78 is 23.4. The molecule has 0 fully saturated rings. The van der Waals surface area contributed by atoms with Crippen molar-refractivity contribution in [1.29, 1.82) is 0 Å². The number of carbonyl (C=O) groups is 2. The van der Waals surface area contributed by atoms with Crippen LogP contribution in [0.1, 0.15) is 46.9 Å². The largest absolute Gasteiger partial charge is 0.345 e. The number of rotatable bonds is 8. The number of sulfonamides is 1. The van der Waals surface area contributed by atoms with Gasteiger partial charge in [-0.3, -0.25) is 9.59 Å². The molecule has 8 heteroatoms. The molecule has 0 aromatic heterocycles. The number of hydrogen-bond donors (Lipinski definition) is 2. The summed E-state index contributed by atoms with van der Waals surface area (Å²) in [7, 11) is -2.20. The Labute approximate surface area is 194 Å². The Bertz CT molecular complexity index is 1210. The number of hydrogen-bond acceptors (Lipinski definition) is 4. The molecule has 172 valence electrons. The van der Waals surface area contributed by atoms with Crippen molar-refractivity contribution in [2.24, 2.45) is 5.14 Å². The minimum Gasteiger partial charge on any atom is -0.345 e. The molecular weight excluding hydrogens is 438 g/mol. The number of nitrogens with one attached hydrogen (secondary N) is 1. The summed E-state index contributed by atoms with van der Waals surface area (Å²) in [6.07, 6.45) is 0.0400. The Kier molecular flexibility index (Phi) is 7.63. The number of benzene rings is 3. The van der Waals surface area contributed by atoms with Gasteiger partial charge in [0.2, 0.25) is 15.9 Å². The maximum Gasteiger partial charge on any atom is 0.251 e. The van der Waals surface area contributed by atoms with Crippen molar-refractivity contribution in [3.8, 4) is 0 Å². The lowest BCUT2D eigenvalue weighted by Gasteiger charge is -2.28. The summed E-state index contributed by atoms with van der Waals surface area (Å²) in [5.41, 5.74) is 1.96. The third-order valence-electron chi connectivity index (χ3n) is 5.57. The van der Waals surface area contributed by atoms with E-state index in [0.717, 1.165) is 5.56 Å². The smallest absolute Gasteiger partial charge is 0.251 e. The first-order valence-corrected chi connectivity index (χ1v) is 12.0. The van der Waals surface area contributed by atoms with Gasteiger partial charge >= 0.3 is 0 Å². The second-order valence-electron chi connectivity index (χ2n) is 7.80. The van der Waals surface area contributed by atoms with E-state index in [9.17, 15) is 18.0 Å². The van der Waals surface area contributed by atoms with Crippen molar-refractivity contribution < 1.29 is 18.0 Å². The molecule has 3 aromatic carbocycles. The quantitative estimate of drug-likeness (QED) is 0.531. The van der Waals surface area contributed by atoms with Crippen LogP contribution in [0.5, 0.6) is 0 Å². The topological polar surface area (TPSA) is 110 Å². The fourth-order valence-corrected chi connectivity index (χ4v) is 4.05. The molecular formula is C25H27N3O4S. The molecule has 0 aliphatic rings. The predicted molar refractivity (Wildman–Crippen MR) is 127 cm³/mol. The molecule has 0 aliphatic carbocycles. The van der Waals surface area contributed by atoms with E-state index in [1.54, 1.807) is 50.4 Å². The summed E-state index contributed by atoms with van der Waals surface area (Å²) in [4.78, 5) is 27.5. The van der Waals surface area contributed by atoms with Crippen molar-refractivity contribution in [2.45, 2.75) is 30.3 Å². The van der Waals surface area contributed by atoms with E-state index in [1.165, 1.54) is 17.0 Å². The Hall–Kier alpha value is -3.49. The zero-order valence-electron chi connectivity index (χ0n) is 18.5. The average molecular weight is 466 g/mol. The summed E-state index contributed by atoms with van der Waals surface area (Å²) in [5.74, 6) is -0.473. The van der Waals surface area contributed by atoms with Gasteiger partial charge in [0.05, 0.1) is 23.4 Å². The minimum atomic E-state index is -3.85. The van der Waals surface area contributed by atoms with Crippen LogP contribution in [0.15, 0.2) is 89.8 Å². The van der Waals surface area contributed by atoms with Gasteiger partial charge in [-0.2, -0.15) is 0 Å². The predicted octanol–water partition coefficient (Wildman–Crippen LogP) is 3.41. The first kappa shape index (κ1) is 24.2. The molecule has 2 unspecified atom stereocenters. The lowest BCUT2D eigenvalue weighted by atomic mass is 10.0. The van der Waals surface area contributed by atoms with Crippen molar-refractivity contribution in [3.05, 3.63) is 102 Å². The zero-order valence-corrected chi connectivity index (χ0v) is 19.3. The van der Waals surface area contributed by atoms with Gasteiger partial charge in [-0.05, 0) is 42.3 Å². The number of amides is 2. The van der Waals surface area contributed by atoms with E-state index in [4.69, 9.17) is 5.14 Å². The maximum atomic E-state index is 13.2. The van der Waals surface area contributed by atoms with Gasteiger partial charge in [-0.25, -0.2) is 13.6 Å². The molecule has 0 aliphatic heterocycles. The lowest BCUT2D eigenvalue weighted by Crippen LogP contribution is -2.36. The second-order valence-corrected chi connectivity index (χ2v) is 9.37. The van der Waals surface area contributed by atoms with Crippen LogP contribution in [0.2, 0.25) is 0 Å². The first-order chi connectivity index (χ1) is 15.7. The van der Waals surface area contributed by atoms with Crippen LogP contribution in [0.3, 0.4) is 0 Å². The van der Waals surface area contributed by atoms with Gasteiger partial charge in [0.1, 0.15) is 0 Å². The second kappa shape index (κ2) is 10.4. The van der Waals surface area contributed by atoms with Gasteiger partial charge in [-0.1, -0.05) is 60.7 Å². The molecule has 3 N–H and O–H groups in total. The van der Waals surface area contributed by atoms with Crippen LogP contribution < -0.4 is 10.5 Å². The van der Waals surface area contributed by atoms with Gasteiger partial charge in [-0.15, -0.1) is 0 Å². The Balaban J connectivity index is 1.79. The normalized spacial score (nSPS) is 13.1. The van der Waals surface area contributed by atoms with Crippen molar-refractivity contribution in [1.82, 2.24) is 10.2 Å². The highest BCUT2D eigenvalue weighted by Gasteiger charge is 2.24. The number of nitrogens with zero attached hydrogens (tertiary/aromatic N) is 1. The highest BCUT2D eigenvalue weighted by molar-refractivity contribution is 7.89. The number of primary sulfonamides is 1. The molecule has 7 nitrogen and oxygen atoms in total. The summed E-state index contributed by atoms with van der Waals surface area (Å²) in [6, 6.07) is 23.4. The Morgan fingerprint density at radius 1 is 0.909 bits per heavy atom. The summed E-state index contributed by atoms with van der Waals surface area (Å²) in [5, 5.41) is 8.20. The van der Waals surface area contributed by atoms with E-state index in [1.807, 2.05) is 36.4 Å². The fourth-order valence-electron chi connectivity index (χ4n) is 3.48. The van der Waals surface area contributed by atoms with Crippen LogP contribution in [-0.2, 0) is 14.8 Å². The maximum absolute atomic E-state index is 13.2. The molecule has 0 saturated heterocycles. The number of carbonyl (C=O) groups excluding carboxylic acids is 2. The summed E-state index contributed by atoms with van der Waals surface area (Å²) >= 11 is 0. The Morgan fingerprint density at radius 2 is 1.48 bits per heavy atom. The molecule has 0 heterocycles. The van der Waals surface area contributed by atoms with Gasteiger partial charge < -0.3 is 10.2 Å². The monoisotopic (exact) mass is 465 g/mol. The van der Waals surface area contributed by atoms with E-state index >= 15 is 0 Å². The van der Waals surface area contributed by atoms with Gasteiger partial charge in [0.25, 0.3) is 5.91 Å². The third-order valence-corrected chi connectivity index (χ3v) is 6.48. The molecule has 33 heavy (non-hydrogen) atoms. The zero-order chi connectivity index (χ0) is 24.0. The molecule has 2 atom stereocenters. The fraction of sp³-hybridized carbons (Fsp3) is 0.200. The van der Waals surface area contributed by atoms with Gasteiger partial charge in [0, 0.05) is 12.6 Å². The van der Waals surface area contributed by atoms with E-state index in [2.05, 4.69) is 5.32 Å². The van der Waals surface area contributed by atoms with E-state index < -0.39 is 22.1 Å². The first-order valence-electron chi connectivity index (χ1n) is 10.5. The molecule has 2 amide bonds. The molecule has 0 bridgehead atoms. The van der Waals surface area contributed by atoms with E-state index in [-0.39, 0.29) is 23.1 Å². The third kappa shape index (κ3) is 6.27. The molecule has 3 aromatic rings. The lowest BCUT2D eigenvalue weighted by molar-refractivity contribution is -0.132.